The van der Waals surface area contributed by atoms with E-state index in [9.17, 15) is 0 Å². The van der Waals surface area contributed by atoms with E-state index in [2.05, 4.69) is 15.3 Å². The van der Waals surface area contributed by atoms with Crippen LogP contribution in [0, 0.1) is 0 Å². The maximum absolute atomic E-state index is 4.23. The molecule has 1 aliphatic heterocycles. The summed E-state index contributed by atoms with van der Waals surface area (Å²) in [6.45, 7) is 1.97. The summed E-state index contributed by atoms with van der Waals surface area (Å²) in [6, 6.07) is 0. The quantitative estimate of drug-likeness (QED) is 0.524. The minimum Gasteiger partial charge on any atom is -0.310 e. The predicted molar refractivity (Wildman–Crippen MR) is 36.2 cm³/mol. The Morgan fingerprint density at radius 2 is 2.60 bits per heavy atom. The largest absolute Gasteiger partial charge is 0.310 e. The Balaban J connectivity index is 2.41. The Labute approximate surface area is 59.5 Å². The Morgan fingerprint density at radius 1 is 1.60 bits per heavy atom. The Kier molecular flexibility index (Phi) is 1.36. The van der Waals surface area contributed by atoms with Crippen molar-refractivity contribution >= 4 is 0 Å². The third-order valence-corrected chi connectivity index (χ3v) is 1.76. The number of H-pyrrole nitrogens is 1. The molecule has 0 amide bonds. The molecule has 0 radical (unpaired) electrons. The van der Waals surface area contributed by atoms with Gasteiger partial charge in [-0.3, -0.25) is 0 Å². The van der Waals surface area contributed by atoms with Crippen LogP contribution in [0.2, 0.25) is 0 Å². The average Bonchev–Trinajstić information content (AvgIpc) is 2.05. The maximum Gasteiger partial charge on any atom is 0.203 e. The maximum atomic E-state index is 4.23. The highest BCUT2D eigenvalue weighted by molar-refractivity contribution is 5.07. The number of fused-ring (bicyclic) bond motifs is 1. The molecule has 0 unspecified atom stereocenters. The number of hydrogen-bond donors (Lipinski definition) is 1. The van der Waals surface area contributed by atoms with Gasteiger partial charge in [0.1, 0.15) is 5.69 Å². The first-order valence-corrected chi connectivity index (χ1v) is 3.52. The summed E-state index contributed by atoms with van der Waals surface area (Å²) in [6.07, 6.45) is 4.75. The predicted octanol–water partition coefficient (Wildman–Crippen LogP) is -0.459. The van der Waals surface area contributed by atoms with Gasteiger partial charge in [0, 0.05) is 19.5 Å². The van der Waals surface area contributed by atoms with Crippen molar-refractivity contribution in [2.45, 2.75) is 13.0 Å². The molecular formula is C7H10N3+. The Hall–Kier alpha value is -0.960. The van der Waals surface area contributed by atoms with Gasteiger partial charge in [0.05, 0.1) is 6.20 Å². The molecule has 2 rings (SSSR count). The van der Waals surface area contributed by atoms with Crippen LogP contribution in [-0.4, -0.2) is 11.5 Å². The van der Waals surface area contributed by atoms with Gasteiger partial charge in [0.2, 0.25) is 5.69 Å². The molecule has 2 N–H and O–H groups in total. The number of hydrogen-bond acceptors (Lipinski definition) is 2. The lowest BCUT2D eigenvalue weighted by molar-refractivity contribution is -0.392. The molecular weight excluding hydrogens is 126 g/mol. The molecule has 0 atom stereocenters. The summed E-state index contributed by atoms with van der Waals surface area (Å²) in [7, 11) is 0. The summed E-state index contributed by atoms with van der Waals surface area (Å²) in [5, 5.41) is 3.26. The number of aromatic nitrogens is 2. The van der Waals surface area contributed by atoms with Crippen molar-refractivity contribution in [3.8, 4) is 0 Å². The number of aromatic amines is 1. The van der Waals surface area contributed by atoms with Crippen LogP contribution in [-0.2, 0) is 13.0 Å². The monoisotopic (exact) mass is 136 g/mol. The SMILES string of the molecule is c1c[nH+]c2c(n1)CNCC2. The topological polar surface area (TPSA) is 39.1 Å². The van der Waals surface area contributed by atoms with Crippen molar-refractivity contribution < 1.29 is 4.98 Å². The second-order valence-corrected chi connectivity index (χ2v) is 2.44. The van der Waals surface area contributed by atoms with Gasteiger partial charge in [-0.25, -0.2) is 9.97 Å². The summed E-state index contributed by atoms with van der Waals surface area (Å²) in [5.41, 5.74) is 2.44. The molecule has 0 fully saturated rings. The van der Waals surface area contributed by atoms with Gasteiger partial charge in [-0.1, -0.05) is 0 Å². The normalized spacial score (nSPS) is 16.4. The third kappa shape index (κ3) is 0.885. The minimum absolute atomic E-state index is 0.909. The van der Waals surface area contributed by atoms with Crippen LogP contribution in [0.4, 0.5) is 0 Å². The highest BCUT2D eigenvalue weighted by atomic mass is 14.9. The van der Waals surface area contributed by atoms with E-state index in [0.717, 1.165) is 25.2 Å². The molecule has 3 heteroatoms. The van der Waals surface area contributed by atoms with E-state index in [1.165, 1.54) is 5.69 Å². The Morgan fingerprint density at radius 3 is 3.50 bits per heavy atom. The van der Waals surface area contributed by atoms with Gasteiger partial charge < -0.3 is 5.32 Å². The lowest BCUT2D eigenvalue weighted by Crippen LogP contribution is -2.30. The lowest BCUT2D eigenvalue weighted by Gasteiger charge is -2.09. The van der Waals surface area contributed by atoms with Crippen LogP contribution in [0.5, 0.6) is 0 Å². The third-order valence-electron chi connectivity index (χ3n) is 1.76. The fraction of sp³-hybridized carbons (Fsp3) is 0.429. The molecule has 0 bridgehead atoms. The molecule has 0 saturated heterocycles. The molecule has 1 aromatic heterocycles. The van der Waals surface area contributed by atoms with Crippen molar-refractivity contribution in [3.63, 3.8) is 0 Å². The van der Waals surface area contributed by atoms with E-state index in [1.807, 2.05) is 6.20 Å². The zero-order chi connectivity index (χ0) is 6.81. The van der Waals surface area contributed by atoms with Crippen LogP contribution >= 0.6 is 0 Å². The van der Waals surface area contributed by atoms with Crippen molar-refractivity contribution in [1.82, 2.24) is 10.3 Å². The van der Waals surface area contributed by atoms with Gasteiger partial charge in [-0.05, 0) is 0 Å². The summed E-state index contributed by atoms with van der Waals surface area (Å²) in [4.78, 5) is 7.41. The molecule has 0 aliphatic carbocycles. The van der Waals surface area contributed by atoms with Gasteiger partial charge in [0.15, 0.2) is 6.20 Å². The first-order valence-electron chi connectivity index (χ1n) is 3.52. The summed E-state index contributed by atoms with van der Waals surface area (Å²) >= 11 is 0. The van der Waals surface area contributed by atoms with E-state index in [0.29, 0.717) is 0 Å². The zero-order valence-electron chi connectivity index (χ0n) is 5.72. The zero-order valence-corrected chi connectivity index (χ0v) is 5.72. The second kappa shape index (κ2) is 2.34. The van der Waals surface area contributed by atoms with Gasteiger partial charge >= 0.3 is 0 Å². The molecule has 2 heterocycles. The first kappa shape index (κ1) is 5.80. The van der Waals surface area contributed by atoms with Crippen molar-refractivity contribution in [3.05, 3.63) is 23.8 Å². The van der Waals surface area contributed by atoms with E-state index < -0.39 is 0 Å². The van der Waals surface area contributed by atoms with E-state index >= 15 is 0 Å². The van der Waals surface area contributed by atoms with E-state index in [1.54, 1.807) is 6.20 Å². The van der Waals surface area contributed by atoms with Crippen LogP contribution in [0.15, 0.2) is 12.4 Å². The fourth-order valence-corrected chi connectivity index (χ4v) is 1.22. The van der Waals surface area contributed by atoms with Crippen molar-refractivity contribution in [2.75, 3.05) is 6.54 Å². The highest BCUT2D eigenvalue weighted by Crippen LogP contribution is 2.02. The molecule has 1 aliphatic rings. The molecule has 3 nitrogen and oxygen atoms in total. The van der Waals surface area contributed by atoms with Crippen LogP contribution in [0.1, 0.15) is 11.4 Å². The second-order valence-electron chi connectivity index (χ2n) is 2.44. The van der Waals surface area contributed by atoms with Gasteiger partial charge in [-0.2, -0.15) is 0 Å². The van der Waals surface area contributed by atoms with Crippen LogP contribution in [0.25, 0.3) is 0 Å². The van der Waals surface area contributed by atoms with Crippen LogP contribution < -0.4 is 10.3 Å². The smallest absolute Gasteiger partial charge is 0.203 e. The molecule has 52 valence electrons. The summed E-state index contributed by atoms with van der Waals surface area (Å²) in [5.74, 6) is 0. The van der Waals surface area contributed by atoms with Crippen molar-refractivity contribution in [1.29, 1.82) is 0 Å². The Bertz CT molecular complexity index is 209. The molecule has 0 spiro atoms. The molecule has 10 heavy (non-hydrogen) atoms. The average molecular weight is 136 g/mol. The number of nitrogens with zero attached hydrogens (tertiary/aromatic N) is 1. The minimum atomic E-state index is 0.909. The first-order chi connectivity index (χ1) is 4.97. The standard InChI is InChI=1S/C7H9N3/c1-2-8-5-7-6(1)9-3-4-10-7/h3-4,8H,1-2,5H2/p+1. The fourth-order valence-electron chi connectivity index (χ4n) is 1.22. The van der Waals surface area contributed by atoms with Gasteiger partial charge in [0.25, 0.3) is 0 Å². The van der Waals surface area contributed by atoms with Crippen molar-refractivity contribution in [2.24, 2.45) is 0 Å². The summed E-state index contributed by atoms with van der Waals surface area (Å²) < 4.78 is 0. The van der Waals surface area contributed by atoms with E-state index in [4.69, 9.17) is 0 Å². The van der Waals surface area contributed by atoms with Crippen LogP contribution in [0.3, 0.4) is 0 Å². The molecule has 0 aromatic carbocycles. The van der Waals surface area contributed by atoms with Gasteiger partial charge in [-0.15, -0.1) is 0 Å². The lowest BCUT2D eigenvalue weighted by atomic mass is 10.2. The number of rotatable bonds is 0. The highest BCUT2D eigenvalue weighted by Gasteiger charge is 2.13. The van der Waals surface area contributed by atoms with E-state index in [-0.39, 0.29) is 0 Å². The molecule has 0 saturated carbocycles. The number of nitrogens with one attached hydrogen (secondary N) is 2. The molecule has 1 aromatic rings.